The monoisotopic (exact) mass is 436 g/mol. The Bertz CT molecular complexity index is 896. The van der Waals surface area contributed by atoms with Gasteiger partial charge in [-0.1, -0.05) is 48.0 Å². The maximum absolute atomic E-state index is 12.8. The summed E-state index contributed by atoms with van der Waals surface area (Å²) in [6, 6.07) is 4.20. The Morgan fingerprint density at radius 1 is 1.31 bits per heavy atom. The number of amides is 2. The third-order valence-electron chi connectivity index (χ3n) is 4.04. The lowest BCUT2D eigenvalue weighted by Crippen LogP contribution is -2.46. The van der Waals surface area contributed by atoms with E-state index in [1.807, 2.05) is 13.8 Å². The molecule has 1 atom stereocenters. The van der Waals surface area contributed by atoms with Crippen molar-refractivity contribution in [2.24, 2.45) is 0 Å². The average molecular weight is 437 g/mol. The predicted octanol–water partition coefficient (Wildman–Crippen LogP) is 3.37. The summed E-state index contributed by atoms with van der Waals surface area (Å²) in [6.07, 6.45) is 0.357. The van der Waals surface area contributed by atoms with E-state index in [2.05, 4.69) is 31.4 Å². The van der Waals surface area contributed by atoms with Gasteiger partial charge >= 0.3 is 0 Å². The SMILES string of the molecule is CCC(C(=O)Nc1nnc(C(C)C)s1)N1C(=O)C(=O)c2cc(Br)ccc21. The zero-order valence-electron chi connectivity index (χ0n) is 14.4. The van der Waals surface area contributed by atoms with Gasteiger partial charge < -0.3 is 0 Å². The smallest absolute Gasteiger partial charge is 0.299 e. The second kappa shape index (κ2) is 7.24. The van der Waals surface area contributed by atoms with Gasteiger partial charge in [-0.15, -0.1) is 10.2 Å². The Kier molecular flexibility index (Phi) is 5.19. The van der Waals surface area contributed by atoms with Crippen LogP contribution in [0.5, 0.6) is 0 Å². The highest BCUT2D eigenvalue weighted by atomic mass is 79.9. The Morgan fingerprint density at radius 3 is 2.65 bits per heavy atom. The molecule has 0 bridgehead atoms. The molecule has 1 aliphatic heterocycles. The van der Waals surface area contributed by atoms with Crippen molar-refractivity contribution in [3.63, 3.8) is 0 Å². The molecule has 7 nitrogen and oxygen atoms in total. The number of rotatable bonds is 5. The minimum Gasteiger partial charge on any atom is -0.299 e. The molecule has 1 unspecified atom stereocenters. The van der Waals surface area contributed by atoms with E-state index in [0.717, 1.165) is 5.01 Å². The fourth-order valence-electron chi connectivity index (χ4n) is 2.74. The predicted molar refractivity (Wildman–Crippen MR) is 103 cm³/mol. The van der Waals surface area contributed by atoms with Crippen LogP contribution in [0.15, 0.2) is 22.7 Å². The van der Waals surface area contributed by atoms with Crippen molar-refractivity contribution in [1.29, 1.82) is 0 Å². The highest BCUT2D eigenvalue weighted by Gasteiger charge is 2.42. The number of nitrogens with zero attached hydrogens (tertiary/aromatic N) is 3. The van der Waals surface area contributed by atoms with Gasteiger partial charge in [0.05, 0.1) is 11.3 Å². The van der Waals surface area contributed by atoms with Crippen molar-refractivity contribution in [2.75, 3.05) is 10.2 Å². The number of halogens is 1. The Labute approximate surface area is 162 Å². The lowest BCUT2D eigenvalue weighted by atomic mass is 10.1. The van der Waals surface area contributed by atoms with E-state index in [9.17, 15) is 14.4 Å². The number of hydrogen-bond acceptors (Lipinski definition) is 6. The van der Waals surface area contributed by atoms with Gasteiger partial charge in [-0.05, 0) is 24.6 Å². The van der Waals surface area contributed by atoms with Crippen molar-refractivity contribution in [2.45, 2.75) is 39.2 Å². The molecule has 0 radical (unpaired) electrons. The minimum absolute atomic E-state index is 0.211. The first-order valence-corrected chi connectivity index (χ1v) is 9.76. The van der Waals surface area contributed by atoms with Crippen LogP contribution in [0.4, 0.5) is 10.8 Å². The van der Waals surface area contributed by atoms with Gasteiger partial charge in [0.2, 0.25) is 11.0 Å². The molecule has 3 rings (SSSR count). The van der Waals surface area contributed by atoms with Crippen molar-refractivity contribution in [3.05, 3.63) is 33.2 Å². The summed E-state index contributed by atoms with van der Waals surface area (Å²) in [4.78, 5) is 38.8. The quantitative estimate of drug-likeness (QED) is 0.725. The molecule has 1 N–H and O–H groups in total. The molecule has 0 aliphatic carbocycles. The number of nitrogens with one attached hydrogen (secondary N) is 1. The summed E-state index contributed by atoms with van der Waals surface area (Å²) in [5.41, 5.74) is 0.749. The van der Waals surface area contributed by atoms with Gasteiger partial charge in [0.15, 0.2) is 0 Å². The van der Waals surface area contributed by atoms with Crippen LogP contribution in [0.3, 0.4) is 0 Å². The molecule has 0 fully saturated rings. The van der Waals surface area contributed by atoms with Crippen LogP contribution in [-0.2, 0) is 9.59 Å². The van der Waals surface area contributed by atoms with E-state index in [1.54, 1.807) is 25.1 Å². The van der Waals surface area contributed by atoms with Crippen LogP contribution in [0, 0.1) is 0 Å². The Morgan fingerprint density at radius 2 is 2.04 bits per heavy atom. The van der Waals surface area contributed by atoms with E-state index in [0.29, 0.717) is 27.3 Å². The second-order valence-corrected chi connectivity index (χ2v) is 8.10. The first-order chi connectivity index (χ1) is 12.3. The first kappa shape index (κ1) is 18.7. The molecular formula is C17H17BrN4O3S. The zero-order valence-corrected chi connectivity index (χ0v) is 16.8. The highest BCUT2D eigenvalue weighted by Crippen LogP contribution is 2.34. The normalized spacial score (nSPS) is 14.7. The van der Waals surface area contributed by atoms with Crippen LogP contribution < -0.4 is 10.2 Å². The standard InChI is InChI=1S/C17H17BrN4O3S/c1-4-11(14(24)19-17-21-20-15(26-17)8(2)3)22-12-6-5-9(18)7-10(12)13(23)16(22)25/h5-8,11H,4H2,1-3H3,(H,19,21,24). The van der Waals surface area contributed by atoms with Gasteiger partial charge in [-0.25, -0.2) is 0 Å². The van der Waals surface area contributed by atoms with E-state index in [4.69, 9.17) is 0 Å². The summed E-state index contributed by atoms with van der Waals surface area (Å²) >= 11 is 4.60. The Hall–Kier alpha value is -2.13. The van der Waals surface area contributed by atoms with Crippen molar-refractivity contribution >= 4 is 55.7 Å². The molecule has 0 saturated heterocycles. The van der Waals surface area contributed by atoms with Gasteiger partial charge in [-0.3, -0.25) is 24.6 Å². The summed E-state index contributed by atoms with van der Waals surface area (Å²) in [5, 5.41) is 11.9. The van der Waals surface area contributed by atoms with E-state index in [1.165, 1.54) is 16.2 Å². The van der Waals surface area contributed by atoms with Gasteiger partial charge in [0.25, 0.3) is 11.7 Å². The summed E-state index contributed by atoms with van der Waals surface area (Å²) in [6.45, 7) is 5.77. The summed E-state index contributed by atoms with van der Waals surface area (Å²) in [7, 11) is 0. The molecule has 2 aromatic rings. The van der Waals surface area contributed by atoms with Crippen molar-refractivity contribution in [1.82, 2.24) is 10.2 Å². The lowest BCUT2D eigenvalue weighted by Gasteiger charge is -2.25. The van der Waals surface area contributed by atoms with Crippen LogP contribution >= 0.6 is 27.3 Å². The molecule has 9 heteroatoms. The number of Topliss-reactive ketones (excluding diaryl/α,β-unsaturated/α-hetero) is 1. The second-order valence-electron chi connectivity index (χ2n) is 6.18. The van der Waals surface area contributed by atoms with Crippen LogP contribution in [0.25, 0.3) is 0 Å². The van der Waals surface area contributed by atoms with Gasteiger partial charge in [0.1, 0.15) is 11.0 Å². The minimum atomic E-state index is -0.805. The molecule has 1 aliphatic rings. The number of carbonyl (C=O) groups is 3. The summed E-state index contributed by atoms with van der Waals surface area (Å²) < 4.78 is 0.701. The number of benzene rings is 1. The summed E-state index contributed by atoms with van der Waals surface area (Å²) in [5.74, 6) is -1.48. The fraction of sp³-hybridized carbons (Fsp3) is 0.353. The Balaban J connectivity index is 1.87. The van der Waals surface area contributed by atoms with Crippen molar-refractivity contribution in [3.8, 4) is 0 Å². The zero-order chi connectivity index (χ0) is 19.0. The molecule has 1 aromatic carbocycles. The maximum Gasteiger partial charge on any atom is 0.300 e. The molecule has 0 saturated carbocycles. The number of fused-ring (bicyclic) bond motifs is 1. The van der Waals surface area contributed by atoms with Crippen LogP contribution in [0.1, 0.15) is 48.5 Å². The van der Waals surface area contributed by atoms with E-state index in [-0.39, 0.29) is 5.92 Å². The number of carbonyl (C=O) groups excluding carboxylic acids is 3. The molecule has 1 aromatic heterocycles. The van der Waals surface area contributed by atoms with Gasteiger partial charge in [0, 0.05) is 10.4 Å². The topological polar surface area (TPSA) is 92.3 Å². The third-order valence-corrected chi connectivity index (χ3v) is 5.67. The number of aromatic nitrogens is 2. The van der Waals surface area contributed by atoms with E-state index >= 15 is 0 Å². The van der Waals surface area contributed by atoms with Crippen LogP contribution in [0.2, 0.25) is 0 Å². The largest absolute Gasteiger partial charge is 0.300 e. The fourth-order valence-corrected chi connectivity index (χ4v) is 3.85. The first-order valence-electron chi connectivity index (χ1n) is 8.15. The molecule has 2 heterocycles. The molecule has 136 valence electrons. The third kappa shape index (κ3) is 3.28. The lowest BCUT2D eigenvalue weighted by molar-refractivity contribution is -0.121. The molecule has 0 spiro atoms. The average Bonchev–Trinajstić information content (AvgIpc) is 3.15. The van der Waals surface area contributed by atoms with Crippen molar-refractivity contribution < 1.29 is 14.4 Å². The number of anilines is 2. The molecule has 2 amide bonds. The highest BCUT2D eigenvalue weighted by molar-refractivity contribution is 9.10. The van der Waals surface area contributed by atoms with E-state index < -0.39 is 23.6 Å². The number of ketones is 1. The number of hydrogen-bond donors (Lipinski definition) is 1. The molecular weight excluding hydrogens is 420 g/mol. The van der Waals surface area contributed by atoms with Crippen LogP contribution in [-0.4, -0.2) is 33.8 Å². The maximum atomic E-state index is 12.8. The molecule has 26 heavy (non-hydrogen) atoms. The van der Waals surface area contributed by atoms with Gasteiger partial charge in [-0.2, -0.15) is 0 Å².